The average molecular weight is 315 g/mol. The molecule has 1 aliphatic rings. The van der Waals surface area contributed by atoms with Crippen molar-refractivity contribution < 1.29 is 12.8 Å². The number of hydrogen-bond acceptors (Lipinski definition) is 4. The molecule has 1 saturated heterocycles. The molecule has 0 bridgehead atoms. The van der Waals surface area contributed by atoms with Crippen LogP contribution in [-0.2, 0) is 10.0 Å². The van der Waals surface area contributed by atoms with E-state index in [2.05, 4.69) is 9.62 Å². The van der Waals surface area contributed by atoms with Gasteiger partial charge in [-0.15, -0.1) is 0 Å². The Morgan fingerprint density at radius 1 is 1.38 bits per heavy atom. The summed E-state index contributed by atoms with van der Waals surface area (Å²) in [6.45, 7) is 5.33. The third-order valence-corrected chi connectivity index (χ3v) is 5.13. The standard InChI is InChI=1S/C14H22FN3O2S/c1-11(10-18-6-2-3-7-18)9-17-21(19,20)14-8-12(15)4-5-13(14)16/h4-5,8,11,17H,2-3,6-7,9-10,16H2,1H3. The van der Waals surface area contributed by atoms with Crippen LogP contribution in [0.5, 0.6) is 0 Å². The smallest absolute Gasteiger partial charge is 0.242 e. The highest BCUT2D eigenvalue weighted by Crippen LogP contribution is 2.19. The van der Waals surface area contributed by atoms with Crippen molar-refractivity contribution in [2.45, 2.75) is 24.7 Å². The monoisotopic (exact) mass is 315 g/mol. The fourth-order valence-corrected chi connectivity index (χ4v) is 3.85. The Hall–Kier alpha value is -1.18. The molecule has 1 heterocycles. The molecule has 7 heteroatoms. The van der Waals surface area contributed by atoms with Crippen molar-refractivity contribution in [3.63, 3.8) is 0 Å². The molecule has 1 aromatic carbocycles. The second-order valence-corrected chi connectivity index (χ2v) is 7.38. The number of anilines is 1. The lowest BCUT2D eigenvalue weighted by molar-refractivity contribution is 0.288. The maximum atomic E-state index is 13.2. The molecule has 5 nitrogen and oxygen atoms in total. The third-order valence-electron chi connectivity index (χ3n) is 3.66. The number of hydrogen-bond donors (Lipinski definition) is 2. The van der Waals surface area contributed by atoms with Gasteiger partial charge >= 0.3 is 0 Å². The Morgan fingerprint density at radius 3 is 2.71 bits per heavy atom. The molecule has 0 radical (unpaired) electrons. The number of likely N-dealkylation sites (tertiary alicyclic amines) is 1. The number of sulfonamides is 1. The van der Waals surface area contributed by atoms with Gasteiger partial charge in [-0.25, -0.2) is 17.5 Å². The summed E-state index contributed by atoms with van der Waals surface area (Å²) in [4.78, 5) is 2.13. The van der Waals surface area contributed by atoms with Crippen molar-refractivity contribution in [3.05, 3.63) is 24.0 Å². The molecule has 118 valence electrons. The average Bonchev–Trinajstić information content (AvgIpc) is 2.92. The number of nitrogens with two attached hydrogens (primary N) is 1. The van der Waals surface area contributed by atoms with Crippen LogP contribution in [-0.4, -0.2) is 39.5 Å². The summed E-state index contributed by atoms with van der Waals surface area (Å²) in [5.41, 5.74) is 5.67. The Balaban J connectivity index is 1.95. The molecular formula is C14H22FN3O2S. The molecule has 1 atom stereocenters. The quantitative estimate of drug-likeness (QED) is 0.779. The minimum absolute atomic E-state index is 0.0519. The maximum Gasteiger partial charge on any atom is 0.242 e. The first-order chi connectivity index (χ1) is 9.88. The zero-order chi connectivity index (χ0) is 15.5. The van der Waals surface area contributed by atoms with Gasteiger partial charge in [0, 0.05) is 13.1 Å². The zero-order valence-electron chi connectivity index (χ0n) is 12.2. The van der Waals surface area contributed by atoms with Gasteiger partial charge in [0.1, 0.15) is 10.7 Å². The summed E-state index contributed by atoms with van der Waals surface area (Å²) in [5.74, 6) is -0.428. The van der Waals surface area contributed by atoms with E-state index in [4.69, 9.17) is 5.73 Å². The van der Waals surface area contributed by atoms with Gasteiger partial charge in [0.25, 0.3) is 0 Å². The fourth-order valence-electron chi connectivity index (χ4n) is 2.54. The lowest BCUT2D eigenvalue weighted by atomic mass is 10.2. The van der Waals surface area contributed by atoms with Crippen LogP contribution in [0.1, 0.15) is 19.8 Å². The summed E-state index contributed by atoms with van der Waals surface area (Å²) in [5, 5.41) is 0. The molecule has 0 aliphatic carbocycles. The Bertz CT molecular complexity index is 586. The highest BCUT2D eigenvalue weighted by Gasteiger charge is 2.20. The van der Waals surface area contributed by atoms with Crippen LogP contribution < -0.4 is 10.5 Å². The predicted octanol–water partition coefficient (Wildman–Crippen LogP) is 1.42. The fraction of sp³-hybridized carbons (Fsp3) is 0.571. The molecule has 0 aromatic heterocycles. The molecule has 0 spiro atoms. The van der Waals surface area contributed by atoms with Gasteiger partial charge in [-0.2, -0.15) is 0 Å². The van der Waals surface area contributed by atoms with E-state index >= 15 is 0 Å². The van der Waals surface area contributed by atoms with Gasteiger partial charge in [0.15, 0.2) is 0 Å². The molecule has 1 aliphatic heterocycles. The van der Waals surface area contributed by atoms with E-state index in [0.717, 1.165) is 31.8 Å². The van der Waals surface area contributed by atoms with E-state index in [9.17, 15) is 12.8 Å². The van der Waals surface area contributed by atoms with Crippen molar-refractivity contribution in [2.75, 3.05) is 31.9 Å². The van der Waals surface area contributed by atoms with E-state index < -0.39 is 15.8 Å². The Morgan fingerprint density at radius 2 is 2.05 bits per heavy atom. The zero-order valence-corrected chi connectivity index (χ0v) is 13.0. The molecule has 0 saturated carbocycles. The summed E-state index contributed by atoms with van der Waals surface area (Å²) in [6, 6.07) is 3.35. The summed E-state index contributed by atoms with van der Waals surface area (Å²) in [6.07, 6.45) is 2.41. The second kappa shape index (κ2) is 6.72. The van der Waals surface area contributed by atoms with Crippen molar-refractivity contribution in [1.29, 1.82) is 0 Å². The van der Waals surface area contributed by atoms with E-state index in [0.29, 0.717) is 6.54 Å². The van der Waals surface area contributed by atoms with Crippen LogP contribution in [0.3, 0.4) is 0 Å². The molecule has 1 aromatic rings. The number of nitrogens with zero attached hydrogens (tertiary/aromatic N) is 1. The molecule has 1 unspecified atom stereocenters. The minimum Gasteiger partial charge on any atom is -0.398 e. The second-order valence-electron chi connectivity index (χ2n) is 5.65. The summed E-state index contributed by atoms with van der Waals surface area (Å²) in [7, 11) is -3.78. The number of benzene rings is 1. The van der Waals surface area contributed by atoms with Crippen LogP contribution >= 0.6 is 0 Å². The van der Waals surface area contributed by atoms with Gasteiger partial charge in [0.2, 0.25) is 10.0 Å². The molecule has 21 heavy (non-hydrogen) atoms. The van der Waals surface area contributed by atoms with E-state index in [1.165, 1.54) is 18.9 Å². The maximum absolute atomic E-state index is 13.2. The predicted molar refractivity (Wildman–Crippen MR) is 80.8 cm³/mol. The largest absolute Gasteiger partial charge is 0.398 e. The van der Waals surface area contributed by atoms with E-state index in [1.807, 2.05) is 6.92 Å². The van der Waals surface area contributed by atoms with Crippen molar-refractivity contribution in [1.82, 2.24) is 9.62 Å². The van der Waals surface area contributed by atoms with Gasteiger partial charge < -0.3 is 10.6 Å². The van der Waals surface area contributed by atoms with Crippen molar-refractivity contribution >= 4 is 15.7 Å². The van der Waals surface area contributed by atoms with Crippen LogP contribution in [0.15, 0.2) is 23.1 Å². The lowest BCUT2D eigenvalue weighted by Gasteiger charge is -2.20. The molecular weight excluding hydrogens is 293 g/mol. The van der Waals surface area contributed by atoms with Crippen LogP contribution in [0, 0.1) is 11.7 Å². The number of nitrogens with one attached hydrogen (secondary N) is 1. The van der Waals surface area contributed by atoms with Crippen LogP contribution in [0.4, 0.5) is 10.1 Å². The van der Waals surface area contributed by atoms with Crippen LogP contribution in [0.25, 0.3) is 0 Å². The third kappa shape index (κ3) is 4.39. The van der Waals surface area contributed by atoms with Gasteiger partial charge in [-0.1, -0.05) is 6.92 Å². The lowest BCUT2D eigenvalue weighted by Crippen LogP contribution is -2.34. The highest BCUT2D eigenvalue weighted by atomic mass is 32.2. The molecule has 2 rings (SSSR count). The van der Waals surface area contributed by atoms with Gasteiger partial charge in [-0.3, -0.25) is 0 Å². The van der Waals surface area contributed by atoms with E-state index in [1.54, 1.807) is 0 Å². The normalized spacial score (nSPS) is 18.0. The SMILES string of the molecule is CC(CNS(=O)(=O)c1cc(F)ccc1N)CN1CCCC1. The minimum atomic E-state index is -3.78. The first-order valence-electron chi connectivity index (χ1n) is 7.15. The van der Waals surface area contributed by atoms with Crippen molar-refractivity contribution in [3.8, 4) is 0 Å². The topological polar surface area (TPSA) is 75.4 Å². The number of rotatable bonds is 6. The first kappa shape index (κ1) is 16.2. The summed E-state index contributed by atoms with van der Waals surface area (Å²) < 4.78 is 40.1. The van der Waals surface area contributed by atoms with Crippen molar-refractivity contribution in [2.24, 2.45) is 5.92 Å². The summed E-state index contributed by atoms with van der Waals surface area (Å²) >= 11 is 0. The van der Waals surface area contributed by atoms with Crippen LogP contribution in [0.2, 0.25) is 0 Å². The van der Waals surface area contributed by atoms with Gasteiger partial charge in [0.05, 0.1) is 5.69 Å². The first-order valence-corrected chi connectivity index (χ1v) is 8.64. The number of halogens is 1. The highest BCUT2D eigenvalue weighted by molar-refractivity contribution is 7.89. The Kier molecular flexibility index (Phi) is 5.18. The molecule has 0 amide bonds. The van der Waals surface area contributed by atoms with Gasteiger partial charge in [-0.05, 0) is 50.0 Å². The molecule has 1 fully saturated rings. The molecule has 3 N–H and O–H groups in total. The number of nitrogen functional groups attached to an aromatic ring is 1. The van der Waals surface area contributed by atoms with E-state index in [-0.39, 0.29) is 16.5 Å². The Labute approximate surface area is 125 Å².